The fourth-order valence-corrected chi connectivity index (χ4v) is 2.82. The Morgan fingerprint density at radius 1 is 1.38 bits per heavy atom. The number of piperazine rings is 1. The third-order valence-corrected chi connectivity index (χ3v) is 4.08. The normalized spacial score (nSPS) is 21.2. The number of nitrogens with one attached hydrogen (secondary N) is 1. The maximum Gasteiger partial charge on any atom is 0.0931 e. The molecule has 1 unspecified atom stereocenters. The summed E-state index contributed by atoms with van der Waals surface area (Å²) < 4.78 is 0.863. The van der Waals surface area contributed by atoms with Crippen LogP contribution >= 0.6 is 22.9 Å². The van der Waals surface area contributed by atoms with Gasteiger partial charge in [-0.15, -0.1) is 11.3 Å². The molecule has 0 radical (unpaired) electrons. The van der Waals surface area contributed by atoms with Gasteiger partial charge >= 0.3 is 0 Å². The number of halogens is 1. The molecular formula is C11H18ClN3S. The Morgan fingerprint density at radius 2 is 2.06 bits per heavy atom. The highest BCUT2D eigenvalue weighted by molar-refractivity contribution is 7.14. The van der Waals surface area contributed by atoms with Gasteiger partial charge in [-0.2, -0.15) is 0 Å². The Morgan fingerprint density at radius 3 is 2.62 bits per heavy atom. The van der Waals surface area contributed by atoms with Crippen LogP contribution in [-0.2, 0) is 0 Å². The summed E-state index contributed by atoms with van der Waals surface area (Å²) in [6.45, 7) is 6.60. The molecule has 90 valence electrons. The number of hydrogen-bond acceptors (Lipinski definition) is 4. The van der Waals surface area contributed by atoms with E-state index in [1.165, 1.54) is 5.56 Å². The molecule has 0 aliphatic carbocycles. The van der Waals surface area contributed by atoms with Gasteiger partial charge in [0.25, 0.3) is 0 Å². The van der Waals surface area contributed by atoms with Crippen LogP contribution in [0.15, 0.2) is 11.4 Å². The Kier molecular flexibility index (Phi) is 4.21. The van der Waals surface area contributed by atoms with E-state index in [4.69, 9.17) is 11.6 Å². The third-order valence-electron chi connectivity index (χ3n) is 2.97. The summed E-state index contributed by atoms with van der Waals surface area (Å²) in [5, 5.41) is 4.42. The second kappa shape index (κ2) is 5.47. The standard InChI is InChI=1S/C11H18ClN3S/c1-9(10-7-11(12)16-8-10)13-15-5-3-14(2)4-6-15/h7-9,13H,3-6H2,1-2H3. The topological polar surface area (TPSA) is 18.5 Å². The van der Waals surface area contributed by atoms with Crippen molar-refractivity contribution in [2.45, 2.75) is 13.0 Å². The van der Waals surface area contributed by atoms with E-state index in [-0.39, 0.29) is 0 Å². The van der Waals surface area contributed by atoms with Crippen molar-refractivity contribution in [1.82, 2.24) is 15.3 Å². The lowest BCUT2D eigenvalue weighted by Gasteiger charge is -2.34. The summed E-state index contributed by atoms with van der Waals surface area (Å²) >= 11 is 7.53. The minimum Gasteiger partial charge on any atom is -0.304 e. The Bertz CT molecular complexity index is 334. The minimum absolute atomic E-state index is 0.340. The van der Waals surface area contributed by atoms with Crippen molar-refractivity contribution < 1.29 is 0 Å². The lowest BCUT2D eigenvalue weighted by Crippen LogP contribution is -2.51. The number of rotatable bonds is 3. The highest BCUT2D eigenvalue weighted by Gasteiger charge is 2.16. The second-order valence-corrected chi connectivity index (χ2v) is 5.87. The fraction of sp³-hybridized carbons (Fsp3) is 0.636. The highest BCUT2D eigenvalue weighted by Crippen LogP contribution is 2.24. The van der Waals surface area contributed by atoms with Crippen molar-refractivity contribution in [2.24, 2.45) is 0 Å². The predicted octanol–water partition coefficient (Wildman–Crippen LogP) is 2.21. The van der Waals surface area contributed by atoms with Gasteiger partial charge in [0.1, 0.15) is 0 Å². The van der Waals surface area contributed by atoms with E-state index in [0.29, 0.717) is 6.04 Å². The van der Waals surface area contributed by atoms with Gasteiger partial charge in [0, 0.05) is 32.2 Å². The van der Waals surface area contributed by atoms with Crippen LogP contribution in [-0.4, -0.2) is 43.1 Å². The van der Waals surface area contributed by atoms with E-state index in [9.17, 15) is 0 Å². The van der Waals surface area contributed by atoms with Crippen LogP contribution < -0.4 is 5.43 Å². The van der Waals surface area contributed by atoms with Crippen molar-refractivity contribution in [3.63, 3.8) is 0 Å². The molecule has 2 rings (SSSR count). The van der Waals surface area contributed by atoms with Crippen molar-refractivity contribution in [2.75, 3.05) is 33.2 Å². The number of likely N-dealkylation sites (N-methyl/N-ethyl adjacent to an activating group) is 1. The van der Waals surface area contributed by atoms with Crippen molar-refractivity contribution in [3.8, 4) is 0 Å². The van der Waals surface area contributed by atoms with Gasteiger partial charge in [-0.1, -0.05) is 11.6 Å². The average molecular weight is 260 g/mol. The molecule has 2 heterocycles. The summed E-state index contributed by atoms with van der Waals surface area (Å²) in [5.74, 6) is 0. The van der Waals surface area contributed by atoms with Gasteiger partial charge in [0.2, 0.25) is 0 Å². The van der Waals surface area contributed by atoms with Crippen LogP contribution in [0.1, 0.15) is 18.5 Å². The third kappa shape index (κ3) is 3.18. The maximum atomic E-state index is 5.94. The van der Waals surface area contributed by atoms with Crippen molar-refractivity contribution >= 4 is 22.9 Å². The van der Waals surface area contributed by atoms with Crippen LogP contribution in [0.25, 0.3) is 0 Å². The first-order chi connectivity index (χ1) is 7.65. The van der Waals surface area contributed by atoms with Crippen molar-refractivity contribution in [1.29, 1.82) is 0 Å². The molecule has 3 nitrogen and oxygen atoms in total. The Hall–Kier alpha value is -0.130. The van der Waals surface area contributed by atoms with E-state index in [1.54, 1.807) is 11.3 Å². The SMILES string of the molecule is CC(NN1CCN(C)CC1)c1csc(Cl)c1. The monoisotopic (exact) mass is 259 g/mol. The quantitative estimate of drug-likeness (QED) is 0.898. The molecule has 0 amide bonds. The smallest absolute Gasteiger partial charge is 0.0931 e. The van der Waals surface area contributed by atoms with E-state index >= 15 is 0 Å². The molecule has 1 aromatic rings. The molecule has 1 saturated heterocycles. The molecular weight excluding hydrogens is 242 g/mol. The summed E-state index contributed by atoms with van der Waals surface area (Å²) in [6, 6.07) is 2.38. The second-order valence-electron chi connectivity index (χ2n) is 4.33. The predicted molar refractivity (Wildman–Crippen MR) is 69.9 cm³/mol. The Balaban J connectivity index is 1.85. The molecule has 0 aromatic carbocycles. The zero-order valence-electron chi connectivity index (χ0n) is 9.74. The molecule has 1 aliphatic rings. The summed E-state index contributed by atoms with van der Waals surface area (Å²) in [5.41, 5.74) is 4.80. The van der Waals surface area contributed by atoms with E-state index in [1.807, 2.05) is 6.07 Å². The van der Waals surface area contributed by atoms with Gasteiger partial charge in [-0.3, -0.25) is 0 Å². The van der Waals surface area contributed by atoms with Gasteiger partial charge in [-0.25, -0.2) is 10.4 Å². The number of hydrogen-bond donors (Lipinski definition) is 1. The lowest BCUT2D eigenvalue weighted by atomic mass is 10.2. The van der Waals surface area contributed by atoms with Gasteiger partial charge in [0.15, 0.2) is 0 Å². The zero-order chi connectivity index (χ0) is 11.5. The van der Waals surface area contributed by atoms with Crippen LogP contribution in [0, 0.1) is 0 Å². The fourth-order valence-electron chi connectivity index (χ4n) is 1.83. The summed E-state index contributed by atoms with van der Waals surface area (Å²) in [4.78, 5) is 2.35. The first-order valence-electron chi connectivity index (χ1n) is 5.59. The van der Waals surface area contributed by atoms with Crippen LogP contribution in [0.2, 0.25) is 4.34 Å². The summed E-state index contributed by atoms with van der Waals surface area (Å²) in [7, 11) is 2.17. The highest BCUT2D eigenvalue weighted by atomic mass is 35.5. The molecule has 16 heavy (non-hydrogen) atoms. The Labute approximate surface area is 106 Å². The van der Waals surface area contributed by atoms with Crippen molar-refractivity contribution in [3.05, 3.63) is 21.3 Å². The maximum absolute atomic E-state index is 5.94. The molecule has 0 spiro atoms. The number of thiophene rings is 1. The van der Waals surface area contributed by atoms with Crippen LogP contribution in [0.5, 0.6) is 0 Å². The minimum atomic E-state index is 0.340. The molecule has 0 bridgehead atoms. The van der Waals surface area contributed by atoms with Gasteiger partial charge < -0.3 is 4.90 Å². The molecule has 5 heteroatoms. The molecule has 1 atom stereocenters. The van der Waals surface area contributed by atoms with E-state index in [0.717, 1.165) is 30.5 Å². The van der Waals surface area contributed by atoms with E-state index < -0.39 is 0 Å². The van der Waals surface area contributed by atoms with Crippen LogP contribution in [0.3, 0.4) is 0 Å². The molecule has 1 aliphatic heterocycles. The molecule has 0 saturated carbocycles. The first-order valence-corrected chi connectivity index (χ1v) is 6.84. The number of nitrogens with zero attached hydrogens (tertiary/aromatic N) is 2. The molecule has 1 fully saturated rings. The zero-order valence-corrected chi connectivity index (χ0v) is 11.3. The number of hydrazine groups is 1. The van der Waals surface area contributed by atoms with Gasteiger partial charge in [0.05, 0.1) is 4.34 Å². The lowest BCUT2D eigenvalue weighted by molar-refractivity contribution is 0.0899. The van der Waals surface area contributed by atoms with Gasteiger partial charge in [-0.05, 0) is 31.0 Å². The van der Waals surface area contributed by atoms with Crippen LogP contribution in [0.4, 0.5) is 0 Å². The summed E-state index contributed by atoms with van der Waals surface area (Å²) in [6.07, 6.45) is 0. The average Bonchev–Trinajstić information content (AvgIpc) is 2.68. The molecule has 1 N–H and O–H groups in total. The largest absolute Gasteiger partial charge is 0.304 e. The first kappa shape index (κ1) is 12.3. The van der Waals surface area contributed by atoms with E-state index in [2.05, 4.69) is 34.7 Å². The molecule has 1 aromatic heterocycles.